The Kier molecular flexibility index (Phi) is 4.98. The number of nitrogens with two attached hydrogens (primary N) is 1. The molecular weight excluding hydrogens is 286 g/mol. The van der Waals surface area contributed by atoms with E-state index in [4.69, 9.17) is 9.88 Å². The molecule has 0 aromatic heterocycles. The Morgan fingerprint density at radius 1 is 0.952 bits per heavy atom. The van der Waals surface area contributed by atoms with Gasteiger partial charge in [-0.25, -0.2) is 13.6 Å². The molecule has 0 radical (unpaired) electrons. The Balaban J connectivity index is 2.04. The normalized spacial score (nSPS) is 11.3. The monoisotopic (exact) mass is 305 g/mol. The topological polar surface area (TPSA) is 69.4 Å². The Morgan fingerprint density at radius 3 is 1.95 bits per heavy atom. The van der Waals surface area contributed by atoms with Crippen molar-refractivity contribution in [3.05, 3.63) is 54.1 Å². The van der Waals surface area contributed by atoms with Crippen LogP contribution in [0.4, 0.5) is 0 Å². The highest BCUT2D eigenvalue weighted by Gasteiger charge is 2.07. The van der Waals surface area contributed by atoms with E-state index in [9.17, 15) is 8.42 Å². The molecule has 4 nitrogen and oxygen atoms in total. The molecule has 0 aliphatic heterocycles. The van der Waals surface area contributed by atoms with Crippen LogP contribution in [0.1, 0.15) is 25.3 Å². The molecule has 0 amide bonds. The van der Waals surface area contributed by atoms with Crippen molar-refractivity contribution in [3.63, 3.8) is 0 Å². The fraction of sp³-hybridized carbons (Fsp3) is 0.250. The van der Waals surface area contributed by atoms with Crippen LogP contribution in [-0.2, 0) is 16.4 Å². The number of sulfonamides is 1. The standard InChI is InChI=1S/C16H19NO3S/c1-2-3-4-13-5-7-14(8-6-13)20-15-9-11-16(12-10-15)21(17,18)19/h5-12H,2-4H2,1H3,(H2,17,18,19). The lowest BCUT2D eigenvalue weighted by Gasteiger charge is -2.07. The zero-order valence-electron chi connectivity index (χ0n) is 12.0. The molecule has 2 aromatic rings. The van der Waals surface area contributed by atoms with Gasteiger partial charge in [-0.15, -0.1) is 0 Å². The first-order valence-electron chi connectivity index (χ1n) is 6.88. The Labute approximate surface area is 125 Å². The van der Waals surface area contributed by atoms with Gasteiger partial charge in [0.15, 0.2) is 0 Å². The second-order valence-corrected chi connectivity index (χ2v) is 6.43. The molecule has 0 aliphatic rings. The highest BCUT2D eigenvalue weighted by molar-refractivity contribution is 7.89. The molecule has 0 heterocycles. The van der Waals surface area contributed by atoms with Crippen LogP contribution in [-0.4, -0.2) is 8.42 Å². The number of hydrogen-bond acceptors (Lipinski definition) is 3. The molecule has 2 rings (SSSR count). The summed E-state index contributed by atoms with van der Waals surface area (Å²) in [5.41, 5.74) is 1.29. The Bertz CT molecular complexity index is 676. The molecule has 0 bridgehead atoms. The third-order valence-electron chi connectivity index (χ3n) is 3.13. The highest BCUT2D eigenvalue weighted by atomic mass is 32.2. The van der Waals surface area contributed by atoms with Crippen LogP contribution in [0, 0.1) is 0 Å². The summed E-state index contributed by atoms with van der Waals surface area (Å²) in [5, 5.41) is 5.05. The maximum absolute atomic E-state index is 11.2. The van der Waals surface area contributed by atoms with Gasteiger partial charge in [-0.2, -0.15) is 0 Å². The van der Waals surface area contributed by atoms with Crippen molar-refractivity contribution in [3.8, 4) is 11.5 Å². The van der Waals surface area contributed by atoms with Gasteiger partial charge in [-0.1, -0.05) is 25.5 Å². The van der Waals surface area contributed by atoms with E-state index in [0.717, 1.165) is 12.2 Å². The largest absolute Gasteiger partial charge is 0.457 e. The lowest BCUT2D eigenvalue weighted by atomic mass is 10.1. The zero-order valence-corrected chi connectivity index (χ0v) is 12.8. The van der Waals surface area contributed by atoms with Crippen LogP contribution in [0.3, 0.4) is 0 Å². The van der Waals surface area contributed by atoms with E-state index in [1.807, 2.05) is 24.3 Å². The minimum Gasteiger partial charge on any atom is -0.457 e. The number of ether oxygens (including phenoxy) is 1. The van der Waals surface area contributed by atoms with Crippen molar-refractivity contribution in [2.45, 2.75) is 31.1 Å². The summed E-state index contributed by atoms with van der Waals surface area (Å²) >= 11 is 0. The van der Waals surface area contributed by atoms with Gasteiger partial charge < -0.3 is 4.74 Å². The summed E-state index contributed by atoms with van der Waals surface area (Å²) in [6, 6.07) is 14.0. The fourth-order valence-electron chi connectivity index (χ4n) is 1.94. The molecule has 0 atom stereocenters. The SMILES string of the molecule is CCCCc1ccc(Oc2ccc(S(N)(=O)=O)cc2)cc1. The van der Waals surface area contributed by atoms with E-state index in [1.54, 1.807) is 12.1 Å². The summed E-state index contributed by atoms with van der Waals surface area (Å²) in [5.74, 6) is 1.29. The smallest absolute Gasteiger partial charge is 0.238 e. The van der Waals surface area contributed by atoms with E-state index in [-0.39, 0.29) is 4.90 Å². The van der Waals surface area contributed by atoms with Crippen LogP contribution in [0.5, 0.6) is 11.5 Å². The Morgan fingerprint density at radius 2 is 1.48 bits per heavy atom. The highest BCUT2D eigenvalue weighted by Crippen LogP contribution is 2.23. The van der Waals surface area contributed by atoms with Gasteiger partial charge in [0.1, 0.15) is 11.5 Å². The first-order valence-corrected chi connectivity index (χ1v) is 8.43. The van der Waals surface area contributed by atoms with Crippen LogP contribution >= 0.6 is 0 Å². The molecule has 0 saturated carbocycles. The van der Waals surface area contributed by atoms with E-state index < -0.39 is 10.0 Å². The Hall–Kier alpha value is -1.85. The zero-order chi connectivity index (χ0) is 15.3. The van der Waals surface area contributed by atoms with Crippen molar-refractivity contribution >= 4 is 10.0 Å². The van der Waals surface area contributed by atoms with Gasteiger partial charge in [0, 0.05) is 0 Å². The maximum atomic E-state index is 11.2. The number of benzene rings is 2. The molecule has 0 aliphatic carbocycles. The predicted octanol–water partition coefficient (Wildman–Crippen LogP) is 3.47. The van der Waals surface area contributed by atoms with Gasteiger partial charge >= 0.3 is 0 Å². The molecule has 0 saturated heterocycles. The lowest BCUT2D eigenvalue weighted by molar-refractivity contribution is 0.482. The van der Waals surface area contributed by atoms with Gasteiger partial charge in [-0.05, 0) is 54.8 Å². The minimum atomic E-state index is -3.66. The third-order valence-corrected chi connectivity index (χ3v) is 4.06. The van der Waals surface area contributed by atoms with Gasteiger partial charge in [-0.3, -0.25) is 0 Å². The van der Waals surface area contributed by atoms with Crippen LogP contribution in [0.2, 0.25) is 0 Å². The van der Waals surface area contributed by atoms with E-state index in [2.05, 4.69) is 6.92 Å². The molecular formula is C16H19NO3S. The van der Waals surface area contributed by atoms with Crippen molar-refractivity contribution in [1.82, 2.24) is 0 Å². The molecule has 0 fully saturated rings. The second kappa shape index (κ2) is 6.74. The van der Waals surface area contributed by atoms with Crippen LogP contribution in [0.25, 0.3) is 0 Å². The van der Waals surface area contributed by atoms with Gasteiger partial charge in [0.2, 0.25) is 10.0 Å². The van der Waals surface area contributed by atoms with E-state index in [1.165, 1.54) is 30.5 Å². The van der Waals surface area contributed by atoms with Crippen LogP contribution < -0.4 is 9.88 Å². The number of primary sulfonamides is 1. The molecule has 2 aromatic carbocycles. The summed E-state index contributed by atoms with van der Waals surface area (Å²) in [6.45, 7) is 2.17. The maximum Gasteiger partial charge on any atom is 0.238 e. The lowest BCUT2D eigenvalue weighted by Crippen LogP contribution is -2.11. The first-order chi connectivity index (χ1) is 9.99. The van der Waals surface area contributed by atoms with Gasteiger partial charge in [0.05, 0.1) is 4.90 Å². The van der Waals surface area contributed by atoms with Crippen LogP contribution in [0.15, 0.2) is 53.4 Å². The first kappa shape index (κ1) is 15.5. The van der Waals surface area contributed by atoms with Crippen molar-refractivity contribution in [2.24, 2.45) is 5.14 Å². The average molecular weight is 305 g/mol. The van der Waals surface area contributed by atoms with E-state index in [0.29, 0.717) is 5.75 Å². The van der Waals surface area contributed by atoms with Gasteiger partial charge in [0.25, 0.3) is 0 Å². The number of rotatable bonds is 6. The summed E-state index contributed by atoms with van der Waals surface area (Å²) in [4.78, 5) is 0.0739. The molecule has 5 heteroatoms. The van der Waals surface area contributed by atoms with Crippen molar-refractivity contribution < 1.29 is 13.2 Å². The summed E-state index contributed by atoms with van der Waals surface area (Å²) in [7, 11) is -3.66. The quantitative estimate of drug-likeness (QED) is 0.888. The number of hydrogen-bond donors (Lipinski definition) is 1. The molecule has 21 heavy (non-hydrogen) atoms. The minimum absolute atomic E-state index is 0.0739. The van der Waals surface area contributed by atoms with Crippen molar-refractivity contribution in [2.75, 3.05) is 0 Å². The average Bonchev–Trinajstić information content (AvgIpc) is 2.46. The molecule has 0 spiro atoms. The summed E-state index contributed by atoms with van der Waals surface area (Å²) in [6.07, 6.45) is 3.42. The molecule has 2 N–H and O–H groups in total. The van der Waals surface area contributed by atoms with Crippen molar-refractivity contribution in [1.29, 1.82) is 0 Å². The summed E-state index contributed by atoms with van der Waals surface area (Å²) < 4.78 is 28.0. The molecule has 0 unspecified atom stereocenters. The van der Waals surface area contributed by atoms with E-state index >= 15 is 0 Å². The number of aryl methyl sites for hydroxylation is 1. The molecule has 112 valence electrons. The fourth-order valence-corrected chi connectivity index (χ4v) is 2.45. The third kappa shape index (κ3) is 4.58. The second-order valence-electron chi connectivity index (χ2n) is 4.87. The predicted molar refractivity (Wildman–Crippen MR) is 82.9 cm³/mol. The number of unbranched alkanes of at least 4 members (excludes halogenated alkanes) is 1.